The van der Waals surface area contributed by atoms with Crippen molar-refractivity contribution in [2.45, 2.75) is 65.1 Å². The van der Waals surface area contributed by atoms with E-state index in [-0.39, 0.29) is 12.4 Å². The molecule has 0 saturated carbocycles. The van der Waals surface area contributed by atoms with Crippen LogP contribution in [0.2, 0.25) is 0 Å². The second-order valence-electron chi connectivity index (χ2n) is 4.43. The fourth-order valence-electron chi connectivity index (χ4n) is 1.68. The predicted octanol–water partition coefficient (Wildman–Crippen LogP) is 2.90. The summed E-state index contributed by atoms with van der Waals surface area (Å²) in [6.07, 6.45) is 2.64. The Morgan fingerprint density at radius 2 is 2.22 bits per heavy atom. The van der Waals surface area contributed by atoms with Gasteiger partial charge in [0.25, 0.3) is 0 Å². The maximum atomic E-state index is 11.5. The maximum absolute atomic E-state index is 11.5. The molecule has 1 N–H and O–H groups in total. The molecule has 5 heteroatoms. The average molecular weight is 374 g/mol. The Bertz CT molecular complexity index is 235. The first-order valence-corrected chi connectivity index (χ1v) is 9.30. The Balaban J connectivity index is 0.00000137. The minimum absolute atomic E-state index is 0.171. The van der Waals surface area contributed by atoms with Crippen LogP contribution >= 0.6 is 21.6 Å². The van der Waals surface area contributed by atoms with Gasteiger partial charge in [0.05, 0.1) is 0 Å². The molecule has 1 heterocycles. The van der Waals surface area contributed by atoms with E-state index in [1.54, 1.807) is 0 Å². The van der Waals surface area contributed by atoms with Crippen LogP contribution in [0.3, 0.4) is 0 Å². The Hall–Kier alpha value is 0.120. The van der Waals surface area contributed by atoms with Crippen LogP contribution in [0.15, 0.2) is 0 Å². The van der Waals surface area contributed by atoms with Gasteiger partial charge in [0.15, 0.2) is 0 Å². The molecule has 0 spiro atoms. The third kappa shape index (κ3) is 7.53. The van der Waals surface area contributed by atoms with Crippen molar-refractivity contribution in [2.75, 3.05) is 11.0 Å². The fraction of sp³-hybridized carbons (Fsp3) is 0.923. The van der Waals surface area contributed by atoms with Gasteiger partial charge < -0.3 is 0 Å². The summed E-state index contributed by atoms with van der Waals surface area (Å²) in [6, 6.07) is 0. The third-order valence-corrected chi connectivity index (χ3v) is 4.71. The number of carbonyl (C=O) groups is 1. The molecule has 0 aromatic rings. The van der Waals surface area contributed by atoms with E-state index in [4.69, 9.17) is 7.80 Å². The van der Waals surface area contributed by atoms with Crippen LogP contribution in [0, 0.1) is 0 Å². The summed E-state index contributed by atoms with van der Waals surface area (Å²) in [7, 11) is 0. The van der Waals surface area contributed by atoms with Gasteiger partial charge in [-0.15, -0.1) is 0 Å². The molecule has 2 atom stereocenters. The molecule has 0 aromatic heterocycles. The summed E-state index contributed by atoms with van der Waals surface area (Å²) in [5, 5.41) is 9.35. The summed E-state index contributed by atoms with van der Waals surface area (Å²) in [5.41, 5.74) is -0.520. The van der Waals surface area contributed by atoms with Crippen molar-refractivity contribution < 1.29 is 17.7 Å². The first kappa shape index (κ1) is 18.1. The van der Waals surface area contributed by atoms with E-state index in [0.29, 0.717) is 13.0 Å². The monoisotopic (exact) mass is 374 g/mol. The molecule has 0 aliphatic carbocycles. The van der Waals surface area contributed by atoms with Crippen molar-refractivity contribution in [1.29, 1.82) is 0 Å². The van der Waals surface area contributed by atoms with E-state index in [0.717, 1.165) is 17.3 Å². The standard InChI is InChI=1S/C11H21IO4.C2H6/c1-3-4-5-12-16-10(14)7-11(2)6-9(13)8-15-11;1-2/h9,12-13H,3-8H2,1-2H3;1-2H3. The van der Waals surface area contributed by atoms with Gasteiger partial charge in [-0.1, -0.05) is 13.8 Å². The van der Waals surface area contributed by atoms with Crippen LogP contribution < -0.4 is 0 Å². The first-order valence-electron chi connectivity index (χ1n) is 6.70. The average Bonchev–Trinajstić information content (AvgIpc) is 2.67. The van der Waals surface area contributed by atoms with E-state index in [9.17, 15) is 9.90 Å². The Morgan fingerprint density at radius 1 is 1.56 bits per heavy atom. The summed E-state index contributed by atoms with van der Waals surface area (Å²) < 4.78 is 11.7. The van der Waals surface area contributed by atoms with Crippen LogP contribution in [0.25, 0.3) is 0 Å². The van der Waals surface area contributed by atoms with Gasteiger partial charge in [0.1, 0.15) is 0 Å². The van der Waals surface area contributed by atoms with Gasteiger partial charge >= 0.3 is 108 Å². The number of carbonyl (C=O) groups excluding carboxylic acids is 1. The molecule has 0 amide bonds. The van der Waals surface area contributed by atoms with E-state index < -0.39 is 33.3 Å². The molecule has 110 valence electrons. The molecule has 18 heavy (non-hydrogen) atoms. The third-order valence-electron chi connectivity index (χ3n) is 2.54. The number of halogens is 1. The van der Waals surface area contributed by atoms with Crippen molar-refractivity contribution in [3.63, 3.8) is 0 Å². The molecule has 0 aromatic carbocycles. The number of ether oxygens (including phenoxy) is 1. The van der Waals surface area contributed by atoms with Crippen LogP contribution in [0.5, 0.6) is 0 Å². The summed E-state index contributed by atoms with van der Waals surface area (Å²) >= 11 is -0.616. The van der Waals surface area contributed by atoms with Crippen molar-refractivity contribution in [3.05, 3.63) is 0 Å². The molecule has 1 rings (SSSR count). The van der Waals surface area contributed by atoms with Crippen LogP contribution in [-0.4, -0.2) is 33.8 Å². The second-order valence-corrected chi connectivity index (χ2v) is 6.74. The van der Waals surface area contributed by atoms with Crippen LogP contribution in [0.4, 0.5) is 0 Å². The molecule has 1 aliphatic heterocycles. The fourth-order valence-corrected chi connectivity index (χ4v) is 3.62. The molecule has 0 radical (unpaired) electrons. The zero-order chi connectivity index (χ0) is 14.0. The quantitative estimate of drug-likeness (QED) is 0.441. The molecular weight excluding hydrogens is 347 g/mol. The molecule has 1 fully saturated rings. The van der Waals surface area contributed by atoms with Crippen molar-refractivity contribution >= 4 is 27.6 Å². The first-order chi connectivity index (χ1) is 8.56. The summed E-state index contributed by atoms with van der Waals surface area (Å²) in [5.74, 6) is -0.171. The zero-order valence-corrected chi connectivity index (χ0v) is 14.2. The van der Waals surface area contributed by atoms with Gasteiger partial charge in [0, 0.05) is 0 Å². The molecule has 4 nitrogen and oxygen atoms in total. The Kier molecular flexibility index (Phi) is 10.0. The SMILES string of the molecule is CC.CCCC[IH]OC(=O)CC1(C)CC(O)CO1. The molecule has 1 aliphatic rings. The normalized spacial score (nSPS) is 26.6. The van der Waals surface area contributed by atoms with Gasteiger partial charge in [-0.3, -0.25) is 0 Å². The van der Waals surface area contributed by atoms with Crippen molar-refractivity contribution in [3.8, 4) is 0 Å². The number of aliphatic hydroxyl groups is 1. The molecule has 0 bridgehead atoms. The minimum atomic E-state index is -0.616. The van der Waals surface area contributed by atoms with E-state index in [1.807, 2.05) is 20.8 Å². The summed E-state index contributed by atoms with van der Waals surface area (Å²) in [6.45, 7) is 8.32. The Morgan fingerprint density at radius 3 is 2.72 bits per heavy atom. The number of rotatable bonds is 6. The van der Waals surface area contributed by atoms with E-state index >= 15 is 0 Å². The van der Waals surface area contributed by atoms with E-state index in [1.165, 1.54) is 0 Å². The van der Waals surface area contributed by atoms with Gasteiger partial charge in [-0.05, 0) is 0 Å². The number of unbranched alkanes of at least 4 members (excludes halogenated alkanes) is 1. The molecular formula is C13H27IO4. The summed E-state index contributed by atoms with van der Waals surface area (Å²) in [4.78, 5) is 11.5. The Labute approximate surface area is 121 Å². The number of hydrogen-bond donors (Lipinski definition) is 1. The number of aliphatic hydroxyl groups excluding tert-OH is 1. The van der Waals surface area contributed by atoms with Gasteiger partial charge in [0.2, 0.25) is 0 Å². The van der Waals surface area contributed by atoms with Crippen LogP contribution in [-0.2, 0) is 12.6 Å². The molecule has 1 saturated heterocycles. The van der Waals surface area contributed by atoms with Crippen LogP contribution in [0.1, 0.15) is 53.4 Å². The zero-order valence-electron chi connectivity index (χ0n) is 11.9. The van der Waals surface area contributed by atoms with Crippen molar-refractivity contribution in [1.82, 2.24) is 0 Å². The van der Waals surface area contributed by atoms with Gasteiger partial charge in [-0.2, -0.15) is 0 Å². The second kappa shape index (κ2) is 9.97. The molecule has 2 unspecified atom stereocenters. The van der Waals surface area contributed by atoms with Gasteiger partial charge in [-0.25, -0.2) is 0 Å². The van der Waals surface area contributed by atoms with E-state index in [2.05, 4.69) is 6.92 Å². The predicted molar refractivity (Wildman–Crippen MR) is 82.2 cm³/mol. The number of alkyl halides is 1. The number of hydrogen-bond acceptors (Lipinski definition) is 4. The topological polar surface area (TPSA) is 55.8 Å². The van der Waals surface area contributed by atoms with Crippen molar-refractivity contribution in [2.24, 2.45) is 0 Å².